The molecule has 0 saturated carbocycles. The minimum Gasteiger partial charge on any atom is -0.326 e. The molecule has 0 amide bonds. The molecule has 0 aromatic heterocycles. The maximum absolute atomic E-state index is 14.0. The highest BCUT2D eigenvalue weighted by atomic mass is 19.1. The fourth-order valence-corrected chi connectivity index (χ4v) is 2.07. The monoisotopic (exact) mass is 238 g/mol. The first kappa shape index (κ1) is 14.1. The summed E-state index contributed by atoms with van der Waals surface area (Å²) in [5, 5.41) is 0. The normalized spacial score (nSPS) is 12.2. The van der Waals surface area contributed by atoms with E-state index in [1.807, 2.05) is 19.2 Å². The predicted molar refractivity (Wildman–Crippen MR) is 70.1 cm³/mol. The molecular weight excluding hydrogens is 215 g/mol. The Morgan fingerprint density at radius 2 is 1.82 bits per heavy atom. The second-order valence-electron chi connectivity index (χ2n) is 5.83. The molecule has 96 valence electrons. The van der Waals surface area contributed by atoms with E-state index in [1.165, 1.54) is 0 Å². The van der Waals surface area contributed by atoms with E-state index in [-0.39, 0.29) is 17.8 Å². The molecule has 1 rings (SSSR count). The summed E-state index contributed by atoms with van der Waals surface area (Å²) in [5.41, 5.74) is 7.03. The molecule has 0 bridgehead atoms. The van der Waals surface area contributed by atoms with Crippen LogP contribution in [0.4, 0.5) is 4.39 Å². The van der Waals surface area contributed by atoms with Crippen LogP contribution in [0.2, 0.25) is 0 Å². The highest BCUT2D eigenvalue weighted by Crippen LogP contribution is 2.18. The van der Waals surface area contributed by atoms with Crippen molar-refractivity contribution in [1.29, 1.82) is 0 Å². The lowest BCUT2D eigenvalue weighted by molar-refractivity contribution is 0.218. The average molecular weight is 238 g/mol. The fraction of sp³-hybridized carbons (Fsp3) is 0.571. The van der Waals surface area contributed by atoms with Crippen LogP contribution >= 0.6 is 0 Å². The number of benzene rings is 1. The summed E-state index contributed by atoms with van der Waals surface area (Å²) in [6.45, 7) is 8.33. The Morgan fingerprint density at radius 1 is 1.24 bits per heavy atom. The third kappa shape index (κ3) is 4.44. The Morgan fingerprint density at radius 3 is 2.35 bits per heavy atom. The molecule has 2 N–H and O–H groups in total. The van der Waals surface area contributed by atoms with Crippen LogP contribution in [-0.4, -0.2) is 18.5 Å². The molecule has 0 spiro atoms. The molecule has 0 saturated heterocycles. The fourth-order valence-electron chi connectivity index (χ4n) is 2.07. The Kier molecular flexibility index (Phi) is 4.66. The van der Waals surface area contributed by atoms with Crippen molar-refractivity contribution >= 4 is 0 Å². The maximum Gasteiger partial charge on any atom is 0.132 e. The van der Waals surface area contributed by atoms with Gasteiger partial charge in [0.05, 0.1) is 0 Å². The van der Waals surface area contributed by atoms with Crippen LogP contribution in [-0.2, 0) is 13.1 Å². The number of nitrogens with two attached hydrogens (primary N) is 1. The summed E-state index contributed by atoms with van der Waals surface area (Å²) in [7, 11) is 2.01. The summed E-state index contributed by atoms with van der Waals surface area (Å²) in [4.78, 5) is 2.14. The molecule has 0 atom stereocenters. The van der Waals surface area contributed by atoms with Crippen molar-refractivity contribution in [2.45, 2.75) is 33.9 Å². The maximum atomic E-state index is 14.0. The first-order valence-electron chi connectivity index (χ1n) is 5.98. The Labute approximate surface area is 104 Å². The van der Waals surface area contributed by atoms with Gasteiger partial charge in [-0.05, 0) is 12.5 Å². The van der Waals surface area contributed by atoms with Gasteiger partial charge < -0.3 is 10.6 Å². The summed E-state index contributed by atoms with van der Waals surface area (Å²) in [5.74, 6) is -0.157. The Hall–Kier alpha value is -0.930. The van der Waals surface area contributed by atoms with Gasteiger partial charge in [0, 0.05) is 30.8 Å². The summed E-state index contributed by atoms with van der Waals surface area (Å²) < 4.78 is 14.0. The summed E-state index contributed by atoms with van der Waals surface area (Å²) in [6, 6.07) is 5.43. The van der Waals surface area contributed by atoms with Crippen molar-refractivity contribution in [3.05, 3.63) is 35.1 Å². The van der Waals surface area contributed by atoms with E-state index in [4.69, 9.17) is 5.73 Å². The number of hydrogen-bond donors (Lipinski definition) is 1. The SMILES string of the molecule is CN(Cc1cccc(CN)c1F)CC(C)(C)C. The van der Waals surface area contributed by atoms with E-state index >= 15 is 0 Å². The van der Waals surface area contributed by atoms with Gasteiger partial charge in [0.15, 0.2) is 0 Å². The zero-order valence-corrected chi connectivity index (χ0v) is 11.3. The Bertz CT molecular complexity index is 369. The molecule has 0 aliphatic carbocycles. The zero-order valence-electron chi connectivity index (χ0n) is 11.3. The van der Waals surface area contributed by atoms with E-state index in [9.17, 15) is 4.39 Å². The molecule has 0 aliphatic rings. The van der Waals surface area contributed by atoms with Crippen LogP contribution in [0.25, 0.3) is 0 Å². The van der Waals surface area contributed by atoms with Crippen LogP contribution in [0.15, 0.2) is 18.2 Å². The second kappa shape index (κ2) is 5.61. The highest BCUT2D eigenvalue weighted by Gasteiger charge is 2.15. The van der Waals surface area contributed by atoms with Gasteiger partial charge in [-0.2, -0.15) is 0 Å². The molecular formula is C14H23FN2. The van der Waals surface area contributed by atoms with Crippen LogP contribution in [0.5, 0.6) is 0 Å². The zero-order chi connectivity index (χ0) is 13.1. The lowest BCUT2D eigenvalue weighted by atomic mass is 9.96. The van der Waals surface area contributed by atoms with Crippen molar-refractivity contribution in [3.63, 3.8) is 0 Å². The van der Waals surface area contributed by atoms with Crippen LogP contribution < -0.4 is 5.73 Å². The third-order valence-electron chi connectivity index (χ3n) is 2.56. The van der Waals surface area contributed by atoms with Crippen molar-refractivity contribution in [3.8, 4) is 0 Å². The van der Waals surface area contributed by atoms with Gasteiger partial charge in [-0.25, -0.2) is 4.39 Å². The van der Waals surface area contributed by atoms with Crippen LogP contribution in [0.3, 0.4) is 0 Å². The van der Waals surface area contributed by atoms with Gasteiger partial charge in [-0.3, -0.25) is 0 Å². The van der Waals surface area contributed by atoms with Crippen molar-refractivity contribution < 1.29 is 4.39 Å². The van der Waals surface area contributed by atoms with E-state index < -0.39 is 0 Å². The molecule has 0 radical (unpaired) electrons. The van der Waals surface area contributed by atoms with Gasteiger partial charge in [0.2, 0.25) is 0 Å². The van der Waals surface area contributed by atoms with E-state index in [2.05, 4.69) is 25.7 Å². The average Bonchev–Trinajstić information content (AvgIpc) is 2.18. The van der Waals surface area contributed by atoms with Crippen LogP contribution in [0.1, 0.15) is 31.9 Å². The van der Waals surface area contributed by atoms with Crippen molar-refractivity contribution in [2.75, 3.05) is 13.6 Å². The lowest BCUT2D eigenvalue weighted by Gasteiger charge is -2.26. The van der Waals surface area contributed by atoms with Gasteiger partial charge in [-0.1, -0.05) is 39.0 Å². The second-order valence-corrected chi connectivity index (χ2v) is 5.83. The molecule has 2 nitrogen and oxygen atoms in total. The molecule has 3 heteroatoms. The minimum atomic E-state index is -0.157. The summed E-state index contributed by atoms with van der Waals surface area (Å²) in [6.07, 6.45) is 0. The Balaban J connectivity index is 2.75. The third-order valence-corrected chi connectivity index (χ3v) is 2.56. The topological polar surface area (TPSA) is 29.3 Å². The number of hydrogen-bond acceptors (Lipinski definition) is 2. The molecule has 0 fully saturated rings. The highest BCUT2D eigenvalue weighted by molar-refractivity contribution is 5.25. The van der Waals surface area contributed by atoms with Gasteiger partial charge in [-0.15, -0.1) is 0 Å². The molecule has 0 aliphatic heterocycles. The first-order valence-corrected chi connectivity index (χ1v) is 5.98. The van der Waals surface area contributed by atoms with Crippen molar-refractivity contribution in [1.82, 2.24) is 4.90 Å². The number of nitrogens with zero attached hydrogens (tertiary/aromatic N) is 1. The molecule has 0 unspecified atom stereocenters. The van der Waals surface area contributed by atoms with Gasteiger partial charge in [0.1, 0.15) is 5.82 Å². The van der Waals surface area contributed by atoms with E-state index in [0.717, 1.165) is 12.1 Å². The quantitative estimate of drug-likeness (QED) is 0.874. The largest absolute Gasteiger partial charge is 0.326 e. The van der Waals surface area contributed by atoms with Crippen LogP contribution in [0, 0.1) is 11.2 Å². The number of halogens is 1. The van der Waals surface area contributed by atoms with Gasteiger partial charge >= 0.3 is 0 Å². The minimum absolute atomic E-state index is 0.157. The first-order chi connectivity index (χ1) is 7.83. The number of rotatable bonds is 4. The predicted octanol–water partition coefficient (Wildman–Crippen LogP) is 2.76. The van der Waals surface area contributed by atoms with Gasteiger partial charge in [0.25, 0.3) is 0 Å². The molecule has 17 heavy (non-hydrogen) atoms. The lowest BCUT2D eigenvalue weighted by Crippen LogP contribution is -2.29. The summed E-state index contributed by atoms with van der Waals surface area (Å²) >= 11 is 0. The van der Waals surface area contributed by atoms with E-state index in [1.54, 1.807) is 6.07 Å². The molecule has 0 heterocycles. The molecule has 1 aromatic rings. The molecule has 1 aromatic carbocycles. The standard InChI is InChI=1S/C14H23FN2/c1-14(2,3)10-17(4)9-12-7-5-6-11(8-16)13(12)15/h5-7H,8-10,16H2,1-4H3. The van der Waals surface area contributed by atoms with E-state index in [0.29, 0.717) is 12.1 Å². The smallest absolute Gasteiger partial charge is 0.132 e. The van der Waals surface area contributed by atoms with Crippen molar-refractivity contribution in [2.24, 2.45) is 11.1 Å².